The van der Waals surface area contributed by atoms with Crippen molar-refractivity contribution < 1.29 is 8.78 Å². The summed E-state index contributed by atoms with van der Waals surface area (Å²) in [5, 5.41) is 8.11. The van der Waals surface area contributed by atoms with E-state index in [-0.39, 0.29) is 5.69 Å². The first kappa shape index (κ1) is 6.55. The molecule has 1 rings (SSSR count). The molecule has 3 nitrogen and oxygen atoms in total. The molecule has 10 heavy (non-hydrogen) atoms. The lowest BCUT2D eigenvalue weighted by molar-refractivity contribution is 0.481. The van der Waals surface area contributed by atoms with Crippen LogP contribution in [0.15, 0.2) is 6.07 Å². The van der Waals surface area contributed by atoms with E-state index in [0.717, 1.165) is 6.07 Å². The van der Waals surface area contributed by atoms with Crippen LogP contribution < -0.4 is 0 Å². The highest BCUT2D eigenvalue weighted by atomic mass is 19.1. The maximum absolute atomic E-state index is 12.1. The van der Waals surface area contributed by atoms with E-state index in [2.05, 4.69) is 9.97 Å². The number of halogens is 2. The number of rotatable bonds is 0. The van der Waals surface area contributed by atoms with Gasteiger partial charge in [0.1, 0.15) is 11.8 Å². The monoisotopic (exact) mass is 141 g/mol. The van der Waals surface area contributed by atoms with Gasteiger partial charge >= 0.3 is 6.08 Å². The average molecular weight is 141 g/mol. The second kappa shape index (κ2) is 2.35. The normalized spacial score (nSPS) is 8.90. The quantitative estimate of drug-likeness (QED) is 0.393. The van der Waals surface area contributed by atoms with Gasteiger partial charge < -0.3 is 0 Å². The zero-order chi connectivity index (χ0) is 7.56. The van der Waals surface area contributed by atoms with Gasteiger partial charge in [-0.1, -0.05) is 0 Å². The first-order valence-electron chi connectivity index (χ1n) is 2.32. The van der Waals surface area contributed by atoms with Gasteiger partial charge in [0.25, 0.3) is 0 Å². The predicted molar refractivity (Wildman–Crippen MR) is 26.7 cm³/mol. The molecule has 0 unspecified atom stereocenters. The third kappa shape index (κ3) is 1.23. The van der Waals surface area contributed by atoms with E-state index in [0.29, 0.717) is 0 Å². The van der Waals surface area contributed by atoms with Crippen LogP contribution in [0.2, 0.25) is 0 Å². The minimum absolute atomic E-state index is 0.315. The largest absolute Gasteiger partial charge is 0.312 e. The highest BCUT2D eigenvalue weighted by molar-refractivity contribution is 5.16. The van der Waals surface area contributed by atoms with Gasteiger partial charge in [-0.3, -0.25) is 0 Å². The summed E-state index contributed by atoms with van der Waals surface area (Å²) in [5.41, 5.74) is -0.315. The van der Waals surface area contributed by atoms with Gasteiger partial charge in [-0.25, -0.2) is 0 Å². The minimum atomic E-state index is -1.23. The number of nitrogens with zero attached hydrogens (tertiary/aromatic N) is 3. The molecule has 0 aromatic carbocycles. The summed E-state index contributed by atoms with van der Waals surface area (Å²) in [7, 11) is 0. The molecule has 0 aliphatic carbocycles. The smallest absolute Gasteiger partial charge is 0.191 e. The summed E-state index contributed by atoms with van der Waals surface area (Å²) in [5.74, 6) is -1.04. The minimum Gasteiger partial charge on any atom is -0.191 e. The van der Waals surface area contributed by atoms with Crippen molar-refractivity contribution in [3.05, 3.63) is 23.8 Å². The summed E-state index contributed by atoms with van der Waals surface area (Å²) >= 11 is 0. The Balaban J connectivity index is 3.22. The second-order valence-electron chi connectivity index (χ2n) is 1.46. The summed E-state index contributed by atoms with van der Waals surface area (Å²) in [6, 6.07) is 2.23. The topological polar surface area (TPSA) is 49.6 Å². The van der Waals surface area contributed by atoms with Crippen LogP contribution in [0.5, 0.6) is 0 Å². The Bertz CT molecular complexity index is 271. The molecular formula is C5HF2N3. The molecule has 0 saturated carbocycles. The van der Waals surface area contributed by atoms with Crippen molar-refractivity contribution in [2.24, 2.45) is 0 Å². The van der Waals surface area contributed by atoms with Crippen LogP contribution in [-0.4, -0.2) is 9.97 Å². The lowest BCUT2D eigenvalue weighted by atomic mass is 10.4. The number of nitriles is 1. The molecule has 1 aromatic heterocycles. The van der Waals surface area contributed by atoms with E-state index in [9.17, 15) is 8.78 Å². The number of hydrogen-bond donors (Lipinski definition) is 0. The lowest BCUT2D eigenvalue weighted by Gasteiger charge is -1.87. The molecule has 0 N–H and O–H groups in total. The van der Waals surface area contributed by atoms with Gasteiger partial charge in [0.15, 0.2) is 0 Å². The maximum atomic E-state index is 12.1. The Morgan fingerprint density at radius 1 is 1.40 bits per heavy atom. The summed E-state index contributed by atoms with van der Waals surface area (Å²) in [6.45, 7) is 0. The number of hydrogen-bond acceptors (Lipinski definition) is 3. The molecule has 0 saturated heterocycles. The van der Waals surface area contributed by atoms with Crippen molar-refractivity contribution in [1.29, 1.82) is 5.26 Å². The van der Waals surface area contributed by atoms with Gasteiger partial charge in [0, 0.05) is 6.07 Å². The van der Waals surface area contributed by atoms with Crippen LogP contribution in [0.1, 0.15) is 5.69 Å². The van der Waals surface area contributed by atoms with E-state index in [1.807, 2.05) is 0 Å². The zero-order valence-electron chi connectivity index (χ0n) is 4.67. The molecule has 1 aromatic rings. The zero-order valence-corrected chi connectivity index (χ0v) is 4.67. The van der Waals surface area contributed by atoms with Crippen molar-refractivity contribution in [1.82, 2.24) is 9.97 Å². The molecule has 0 atom stereocenters. The third-order valence-corrected chi connectivity index (χ3v) is 0.782. The number of aromatic nitrogens is 2. The predicted octanol–water partition coefficient (Wildman–Crippen LogP) is 0.626. The van der Waals surface area contributed by atoms with Gasteiger partial charge in [-0.2, -0.15) is 24.0 Å². The molecule has 0 aliphatic rings. The second-order valence-corrected chi connectivity index (χ2v) is 1.46. The highest BCUT2D eigenvalue weighted by Crippen LogP contribution is 1.96. The fraction of sp³-hybridized carbons (Fsp3) is 0. The summed E-state index contributed by atoms with van der Waals surface area (Å²) in [6.07, 6.45) is -1.23. The van der Waals surface area contributed by atoms with Crippen LogP contribution in [0.3, 0.4) is 0 Å². The van der Waals surface area contributed by atoms with Gasteiger partial charge in [0.05, 0.1) is 0 Å². The molecule has 0 aliphatic heterocycles. The van der Waals surface area contributed by atoms with Crippen LogP contribution in [-0.2, 0) is 0 Å². The van der Waals surface area contributed by atoms with Crippen molar-refractivity contribution in [3.63, 3.8) is 0 Å². The van der Waals surface area contributed by atoms with Gasteiger partial charge in [0.2, 0.25) is 5.95 Å². The summed E-state index contributed by atoms with van der Waals surface area (Å²) < 4.78 is 24.1. The molecule has 0 bridgehead atoms. The Labute approximate surface area is 55.0 Å². The van der Waals surface area contributed by atoms with Crippen LogP contribution in [0.4, 0.5) is 8.78 Å². The van der Waals surface area contributed by atoms with E-state index in [4.69, 9.17) is 5.26 Å². The Hall–Kier alpha value is -1.57. The van der Waals surface area contributed by atoms with E-state index in [1.54, 1.807) is 0 Å². The van der Waals surface area contributed by atoms with Crippen LogP contribution >= 0.6 is 0 Å². The molecule has 5 heteroatoms. The standard InChI is InChI=1S/C5HF2N3/c6-4-1-3(2-8)9-5(7)10-4/h1H. The van der Waals surface area contributed by atoms with E-state index in [1.165, 1.54) is 6.07 Å². The van der Waals surface area contributed by atoms with E-state index < -0.39 is 12.0 Å². The maximum Gasteiger partial charge on any atom is 0.312 e. The Morgan fingerprint density at radius 3 is 2.60 bits per heavy atom. The van der Waals surface area contributed by atoms with Crippen molar-refractivity contribution in [2.75, 3.05) is 0 Å². The average Bonchev–Trinajstić information content (AvgIpc) is 1.85. The fourth-order valence-electron chi connectivity index (χ4n) is 0.447. The lowest BCUT2D eigenvalue weighted by Crippen LogP contribution is -1.95. The molecule has 0 spiro atoms. The van der Waals surface area contributed by atoms with Crippen molar-refractivity contribution >= 4 is 0 Å². The van der Waals surface area contributed by atoms with Crippen molar-refractivity contribution in [3.8, 4) is 6.07 Å². The summed E-state index contributed by atoms with van der Waals surface area (Å²) in [4.78, 5) is 5.66. The van der Waals surface area contributed by atoms with Crippen LogP contribution in [0.25, 0.3) is 0 Å². The first-order chi connectivity index (χ1) is 4.72. The van der Waals surface area contributed by atoms with Gasteiger partial charge in [-0.05, 0) is 0 Å². The van der Waals surface area contributed by atoms with E-state index >= 15 is 0 Å². The molecule has 50 valence electrons. The van der Waals surface area contributed by atoms with Gasteiger partial charge in [-0.15, -0.1) is 0 Å². The highest BCUT2D eigenvalue weighted by Gasteiger charge is 2.00. The Morgan fingerprint density at radius 2 is 2.10 bits per heavy atom. The molecule has 0 fully saturated rings. The molecule has 0 amide bonds. The first-order valence-corrected chi connectivity index (χ1v) is 2.32. The van der Waals surface area contributed by atoms with Crippen LogP contribution in [0, 0.1) is 23.4 Å². The Kier molecular flexibility index (Phi) is 1.54. The molecule has 0 radical (unpaired) electrons. The molecule has 1 heterocycles. The third-order valence-electron chi connectivity index (χ3n) is 0.782. The fourth-order valence-corrected chi connectivity index (χ4v) is 0.447. The van der Waals surface area contributed by atoms with Crippen molar-refractivity contribution in [2.45, 2.75) is 0 Å². The SMILES string of the molecule is N#Cc1cc(F)nc(F)n1. The molecular weight excluding hydrogens is 140 g/mol.